The number of anilines is 2. The third kappa shape index (κ3) is 7.13. The second-order valence-corrected chi connectivity index (χ2v) is 12.6. The van der Waals surface area contributed by atoms with Crippen LogP contribution in [0.5, 0.6) is 5.75 Å². The normalized spacial score (nSPS) is 15.8. The molecule has 5 rings (SSSR count). The standard InChI is InChI=1S/C32H34F3N5O3S/c1-23-7-6-10-29-28(23)21-39(44(41,42)32(33,34)35)20-26(14-11-24-8-4-3-5-9-24)40(29)22-31-36-18-17-30(38-31)37-19-25-12-15-27(43-2)16-13-25/h3-10,12-13,15-18,26H,11,14,19-22H2,1-2H3,(H,36,37,38). The van der Waals surface area contributed by atoms with Gasteiger partial charge in [0.05, 0.1) is 13.7 Å². The molecule has 0 spiro atoms. The Kier molecular flexibility index (Phi) is 9.40. The third-order valence-electron chi connectivity index (χ3n) is 7.78. The summed E-state index contributed by atoms with van der Waals surface area (Å²) in [5.74, 6) is 1.80. The van der Waals surface area contributed by atoms with Crippen molar-refractivity contribution in [1.82, 2.24) is 14.3 Å². The molecule has 0 saturated carbocycles. The lowest BCUT2D eigenvalue weighted by atomic mass is 10.0. The summed E-state index contributed by atoms with van der Waals surface area (Å²) in [5, 5.41) is 3.30. The van der Waals surface area contributed by atoms with Gasteiger partial charge in [-0.3, -0.25) is 0 Å². The summed E-state index contributed by atoms with van der Waals surface area (Å²) >= 11 is 0. The number of halogens is 3. The molecule has 1 unspecified atom stereocenters. The third-order valence-corrected chi connectivity index (χ3v) is 9.32. The Bertz CT molecular complexity index is 1670. The number of nitrogens with zero attached hydrogens (tertiary/aromatic N) is 4. The minimum Gasteiger partial charge on any atom is -0.497 e. The van der Waals surface area contributed by atoms with Crippen LogP contribution in [0.3, 0.4) is 0 Å². The SMILES string of the molecule is COc1ccc(CNc2ccnc(CN3c4cccc(C)c4CN(S(=O)(=O)C(F)(F)F)CC3CCc3ccccc3)n2)cc1. The largest absolute Gasteiger partial charge is 0.511 e. The summed E-state index contributed by atoms with van der Waals surface area (Å²) in [4.78, 5) is 11.1. The molecule has 1 aromatic heterocycles. The lowest BCUT2D eigenvalue weighted by Crippen LogP contribution is -2.47. The number of aromatic nitrogens is 2. The number of aryl methyl sites for hydroxylation is 2. The Morgan fingerprint density at radius 1 is 0.977 bits per heavy atom. The first kappa shape index (κ1) is 31.3. The topological polar surface area (TPSA) is 87.7 Å². The highest BCUT2D eigenvalue weighted by Crippen LogP contribution is 2.37. The van der Waals surface area contributed by atoms with Gasteiger partial charge in [-0.25, -0.2) is 18.4 Å². The van der Waals surface area contributed by atoms with Crippen LogP contribution < -0.4 is 15.0 Å². The van der Waals surface area contributed by atoms with Crippen molar-refractivity contribution in [3.63, 3.8) is 0 Å². The van der Waals surface area contributed by atoms with E-state index < -0.39 is 21.6 Å². The van der Waals surface area contributed by atoms with Gasteiger partial charge in [-0.15, -0.1) is 0 Å². The minimum atomic E-state index is -5.58. The zero-order valence-electron chi connectivity index (χ0n) is 24.5. The van der Waals surface area contributed by atoms with E-state index in [1.54, 1.807) is 32.4 Å². The fourth-order valence-corrected chi connectivity index (χ4v) is 6.32. The van der Waals surface area contributed by atoms with Gasteiger partial charge in [0.1, 0.15) is 17.4 Å². The van der Waals surface area contributed by atoms with Crippen molar-refractivity contribution < 1.29 is 26.3 Å². The highest BCUT2D eigenvalue weighted by molar-refractivity contribution is 7.89. The zero-order chi connectivity index (χ0) is 31.3. The lowest BCUT2D eigenvalue weighted by Gasteiger charge is -2.34. The van der Waals surface area contributed by atoms with Crippen LogP contribution in [-0.4, -0.2) is 47.9 Å². The predicted octanol–water partition coefficient (Wildman–Crippen LogP) is 6.08. The molecule has 1 N–H and O–H groups in total. The number of nitrogens with one attached hydrogen (secondary N) is 1. The molecule has 8 nitrogen and oxygen atoms in total. The van der Waals surface area contributed by atoms with E-state index in [0.717, 1.165) is 16.9 Å². The quantitative estimate of drug-likeness (QED) is 0.229. The number of hydrogen-bond acceptors (Lipinski definition) is 7. The minimum absolute atomic E-state index is 0.174. The average molecular weight is 626 g/mol. The maximum atomic E-state index is 13.9. The molecule has 232 valence electrons. The van der Waals surface area contributed by atoms with Gasteiger partial charge in [0, 0.05) is 37.6 Å². The molecule has 3 aromatic carbocycles. The number of hydrogen-bond donors (Lipinski definition) is 1. The van der Waals surface area contributed by atoms with Crippen LogP contribution in [0.4, 0.5) is 24.7 Å². The summed E-state index contributed by atoms with van der Waals surface area (Å²) in [5.41, 5.74) is -1.49. The lowest BCUT2D eigenvalue weighted by molar-refractivity contribution is -0.0492. The van der Waals surface area contributed by atoms with Crippen molar-refractivity contribution >= 4 is 21.5 Å². The molecule has 1 aliphatic heterocycles. The molecule has 12 heteroatoms. The molecule has 0 aliphatic carbocycles. The van der Waals surface area contributed by atoms with Gasteiger partial charge >= 0.3 is 15.5 Å². The Morgan fingerprint density at radius 2 is 1.73 bits per heavy atom. The molecule has 1 aliphatic rings. The summed E-state index contributed by atoms with van der Waals surface area (Å²) < 4.78 is 72.9. The van der Waals surface area contributed by atoms with Crippen molar-refractivity contribution in [3.05, 3.63) is 113 Å². The summed E-state index contributed by atoms with van der Waals surface area (Å²) in [6.45, 7) is 1.74. The van der Waals surface area contributed by atoms with E-state index in [2.05, 4.69) is 10.3 Å². The van der Waals surface area contributed by atoms with Crippen LogP contribution in [0.15, 0.2) is 85.1 Å². The number of methoxy groups -OCH3 is 1. The Hall–Kier alpha value is -4.16. The summed E-state index contributed by atoms with van der Waals surface area (Å²) in [6.07, 6.45) is 2.59. The monoisotopic (exact) mass is 625 g/mol. The van der Waals surface area contributed by atoms with Gasteiger partial charge < -0.3 is 15.0 Å². The number of rotatable bonds is 10. The van der Waals surface area contributed by atoms with E-state index in [1.807, 2.05) is 71.6 Å². The van der Waals surface area contributed by atoms with Crippen LogP contribution in [-0.2, 0) is 36.1 Å². The van der Waals surface area contributed by atoms with E-state index in [4.69, 9.17) is 9.72 Å². The molecule has 0 bridgehead atoms. The zero-order valence-corrected chi connectivity index (χ0v) is 25.3. The van der Waals surface area contributed by atoms with Gasteiger partial charge in [0.25, 0.3) is 0 Å². The molecule has 1 atom stereocenters. The first-order chi connectivity index (χ1) is 21.0. The highest BCUT2D eigenvalue weighted by atomic mass is 32.2. The molecular formula is C32H34F3N5O3S. The van der Waals surface area contributed by atoms with Crippen molar-refractivity contribution in [2.75, 3.05) is 23.9 Å². The van der Waals surface area contributed by atoms with Crippen LogP contribution in [0.1, 0.15) is 34.5 Å². The molecule has 0 radical (unpaired) electrons. The van der Waals surface area contributed by atoms with Crippen molar-refractivity contribution in [2.45, 2.75) is 50.9 Å². The molecule has 0 amide bonds. The second kappa shape index (κ2) is 13.2. The van der Waals surface area contributed by atoms with Crippen molar-refractivity contribution in [2.24, 2.45) is 0 Å². The summed E-state index contributed by atoms with van der Waals surface area (Å²) in [6, 6.07) is 23.8. The van der Waals surface area contributed by atoms with Crippen molar-refractivity contribution in [3.8, 4) is 5.75 Å². The maximum Gasteiger partial charge on any atom is 0.511 e. The first-order valence-electron chi connectivity index (χ1n) is 14.2. The number of ether oxygens (including phenoxy) is 1. The fourth-order valence-electron chi connectivity index (χ4n) is 5.36. The van der Waals surface area contributed by atoms with E-state index >= 15 is 0 Å². The maximum absolute atomic E-state index is 13.9. The first-order valence-corrected chi connectivity index (χ1v) is 15.6. The average Bonchev–Trinajstić information content (AvgIpc) is 3.17. The van der Waals surface area contributed by atoms with Crippen LogP contribution in [0.25, 0.3) is 0 Å². The van der Waals surface area contributed by atoms with Crippen LogP contribution in [0.2, 0.25) is 0 Å². The van der Waals surface area contributed by atoms with Gasteiger partial charge in [0.15, 0.2) is 0 Å². The van der Waals surface area contributed by atoms with Crippen molar-refractivity contribution in [1.29, 1.82) is 0 Å². The number of fused-ring (bicyclic) bond motifs is 1. The highest BCUT2D eigenvalue weighted by Gasteiger charge is 2.51. The predicted molar refractivity (Wildman–Crippen MR) is 164 cm³/mol. The number of sulfonamides is 1. The number of benzene rings is 3. The smallest absolute Gasteiger partial charge is 0.497 e. The Labute approximate surface area is 255 Å². The molecule has 0 fully saturated rings. The van der Waals surface area contributed by atoms with E-state index in [-0.39, 0.29) is 19.6 Å². The second-order valence-electron chi connectivity index (χ2n) is 10.7. The Balaban J connectivity index is 1.47. The van der Waals surface area contributed by atoms with E-state index in [1.165, 1.54) is 0 Å². The molecule has 0 saturated heterocycles. The molecule has 44 heavy (non-hydrogen) atoms. The molecule has 2 heterocycles. The Morgan fingerprint density at radius 3 is 2.43 bits per heavy atom. The number of alkyl halides is 3. The van der Waals surface area contributed by atoms with E-state index in [9.17, 15) is 21.6 Å². The summed E-state index contributed by atoms with van der Waals surface area (Å²) in [7, 11) is -3.97. The van der Waals surface area contributed by atoms with Gasteiger partial charge in [-0.1, -0.05) is 54.6 Å². The van der Waals surface area contributed by atoms with Gasteiger partial charge in [-0.05, 0) is 66.3 Å². The molecular weight excluding hydrogens is 591 g/mol. The van der Waals surface area contributed by atoms with Crippen LogP contribution >= 0.6 is 0 Å². The van der Waals surface area contributed by atoms with Crippen LogP contribution in [0, 0.1) is 6.92 Å². The van der Waals surface area contributed by atoms with E-state index in [0.29, 0.717) is 52.1 Å². The van der Waals surface area contributed by atoms with Gasteiger partial charge in [-0.2, -0.15) is 17.5 Å². The van der Waals surface area contributed by atoms with Gasteiger partial charge in [0.2, 0.25) is 0 Å². The molecule has 4 aromatic rings. The fraction of sp³-hybridized carbons (Fsp3) is 0.312.